The highest BCUT2D eigenvalue weighted by Crippen LogP contribution is 2.49. The van der Waals surface area contributed by atoms with Gasteiger partial charge in [0.1, 0.15) is 5.75 Å². The molecule has 2 aromatic carbocycles. The number of hydrogen-bond donors (Lipinski definition) is 3. The molecule has 0 radical (unpaired) electrons. The molecule has 2 saturated heterocycles. The smallest absolute Gasteiger partial charge is 0.479 e. The van der Waals surface area contributed by atoms with Crippen LogP contribution < -0.4 is 10.5 Å². The van der Waals surface area contributed by atoms with Crippen LogP contribution in [0.5, 0.6) is 5.75 Å². The number of amides is 1. The Morgan fingerprint density at radius 1 is 1.15 bits per heavy atom. The van der Waals surface area contributed by atoms with Crippen LogP contribution in [0.3, 0.4) is 0 Å². The van der Waals surface area contributed by atoms with E-state index in [1.54, 1.807) is 6.07 Å². The van der Waals surface area contributed by atoms with E-state index in [0.29, 0.717) is 24.6 Å². The Bertz CT molecular complexity index is 1400. The lowest BCUT2D eigenvalue weighted by atomic mass is 9.70. The number of aromatic nitrogens is 1. The average molecular weight is 532 g/mol. The molecule has 0 bridgehead atoms. The number of carboxylic acid groups (broad SMARTS) is 1. The van der Waals surface area contributed by atoms with E-state index >= 15 is 0 Å². The van der Waals surface area contributed by atoms with Gasteiger partial charge in [0.15, 0.2) is 6.10 Å². The van der Waals surface area contributed by atoms with Gasteiger partial charge in [0.2, 0.25) is 0 Å². The Labute approximate surface area is 226 Å². The van der Waals surface area contributed by atoms with Gasteiger partial charge in [-0.05, 0) is 81.6 Å². The summed E-state index contributed by atoms with van der Waals surface area (Å²) in [6.07, 6.45) is 3.73. The number of ether oxygens (including phenoxy) is 1. The van der Waals surface area contributed by atoms with Gasteiger partial charge in [-0.15, -0.1) is 5.06 Å². The highest BCUT2D eigenvalue weighted by Gasteiger charge is 2.52. The minimum Gasteiger partial charge on any atom is -0.479 e. The van der Waals surface area contributed by atoms with Crippen molar-refractivity contribution in [1.82, 2.24) is 14.9 Å². The molecule has 1 amide bonds. The van der Waals surface area contributed by atoms with Gasteiger partial charge in [0, 0.05) is 41.2 Å². The third-order valence-corrected chi connectivity index (χ3v) is 8.25. The number of hydroxylamine groups is 2. The first kappa shape index (κ1) is 26.5. The molecule has 1 spiro atoms. The summed E-state index contributed by atoms with van der Waals surface area (Å²) in [6.45, 7) is 3.12. The van der Waals surface area contributed by atoms with Crippen molar-refractivity contribution in [2.45, 2.75) is 43.1 Å². The highest BCUT2D eigenvalue weighted by molar-refractivity contribution is 5.85. The summed E-state index contributed by atoms with van der Waals surface area (Å²) < 4.78 is 5.80. The van der Waals surface area contributed by atoms with Gasteiger partial charge < -0.3 is 30.3 Å². The Balaban J connectivity index is 0.000000160. The third-order valence-electron chi connectivity index (χ3n) is 8.25. The normalized spacial score (nSPS) is 20.9. The molecule has 1 atom stereocenters. The number of hydrogen-bond acceptors (Lipinski definition) is 7. The van der Waals surface area contributed by atoms with Crippen molar-refractivity contribution in [2.75, 3.05) is 33.2 Å². The molecule has 0 saturated carbocycles. The second-order valence-electron chi connectivity index (χ2n) is 10.5. The van der Waals surface area contributed by atoms with E-state index in [4.69, 9.17) is 20.8 Å². The van der Waals surface area contributed by atoms with Crippen molar-refractivity contribution in [1.29, 1.82) is 5.26 Å². The van der Waals surface area contributed by atoms with Crippen LogP contribution in [0.25, 0.3) is 10.9 Å². The number of fused-ring (bicyclic) bond motifs is 3. The van der Waals surface area contributed by atoms with E-state index in [2.05, 4.69) is 33.9 Å². The molecule has 39 heavy (non-hydrogen) atoms. The number of aromatic amines is 1. The SMILES string of the molecule is CN1CCC2(CC1)c1ccccc1OC2C(N)=O.N#Cc1ccc2[nH]cc(C3CCN(OC(=O)O)CC3)c2c1. The number of primary amides is 1. The van der Waals surface area contributed by atoms with E-state index in [9.17, 15) is 9.59 Å². The van der Waals surface area contributed by atoms with Crippen LogP contribution >= 0.6 is 0 Å². The number of nitriles is 1. The monoisotopic (exact) mass is 531 g/mol. The fourth-order valence-electron chi connectivity index (χ4n) is 6.16. The van der Waals surface area contributed by atoms with E-state index < -0.39 is 12.3 Å². The van der Waals surface area contributed by atoms with Crippen molar-refractivity contribution in [3.05, 3.63) is 65.4 Å². The summed E-state index contributed by atoms with van der Waals surface area (Å²) in [6, 6.07) is 15.7. The fraction of sp³-hybridized carbons (Fsp3) is 0.414. The third kappa shape index (κ3) is 5.28. The minimum absolute atomic E-state index is 0.213. The number of carbonyl (C=O) groups excluding carboxylic acids is 1. The largest absolute Gasteiger partial charge is 0.525 e. The molecule has 4 heterocycles. The number of para-hydroxylation sites is 1. The minimum atomic E-state index is -1.26. The van der Waals surface area contributed by atoms with Crippen LogP contribution in [0.1, 0.15) is 48.3 Å². The summed E-state index contributed by atoms with van der Waals surface area (Å²) in [4.78, 5) is 32.4. The zero-order valence-corrected chi connectivity index (χ0v) is 21.9. The number of H-pyrrole nitrogens is 1. The number of nitrogens with two attached hydrogens (primary N) is 1. The predicted molar refractivity (Wildman–Crippen MR) is 144 cm³/mol. The zero-order chi connectivity index (χ0) is 27.6. The van der Waals surface area contributed by atoms with Gasteiger partial charge in [0.25, 0.3) is 5.91 Å². The number of likely N-dealkylation sites (tertiary alicyclic amines) is 1. The average Bonchev–Trinajstić information content (AvgIpc) is 3.50. The fourth-order valence-corrected chi connectivity index (χ4v) is 6.16. The van der Waals surface area contributed by atoms with Crippen LogP contribution in [0, 0.1) is 11.3 Å². The van der Waals surface area contributed by atoms with Crippen molar-refractivity contribution >= 4 is 23.0 Å². The highest BCUT2D eigenvalue weighted by atomic mass is 16.8. The van der Waals surface area contributed by atoms with Crippen molar-refractivity contribution in [2.24, 2.45) is 5.73 Å². The molecule has 10 nitrogen and oxygen atoms in total. The molecule has 3 aromatic rings. The Kier molecular flexibility index (Phi) is 7.46. The van der Waals surface area contributed by atoms with Gasteiger partial charge >= 0.3 is 6.16 Å². The van der Waals surface area contributed by atoms with Gasteiger partial charge in [-0.1, -0.05) is 18.2 Å². The molecular formula is C29H33N5O5. The van der Waals surface area contributed by atoms with Gasteiger partial charge in [-0.25, -0.2) is 4.79 Å². The molecule has 1 unspecified atom stereocenters. The quantitative estimate of drug-likeness (QED) is 0.464. The van der Waals surface area contributed by atoms with Crippen molar-refractivity contribution in [3.8, 4) is 11.8 Å². The van der Waals surface area contributed by atoms with Crippen molar-refractivity contribution in [3.63, 3.8) is 0 Å². The lowest BCUT2D eigenvalue weighted by Gasteiger charge is -2.39. The van der Waals surface area contributed by atoms with Gasteiger partial charge in [-0.3, -0.25) is 4.79 Å². The number of carbonyl (C=O) groups is 2. The summed E-state index contributed by atoms with van der Waals surface area (Å²) in [5.74, 6) is 0.822. The predicted octanol–water partition coefficient (Wildman–Crippen LogP) is 3.72. The number of rotatable bonds is 3. The maximum atomic E-state index is 11.7. The lowest BCUT2D eigenvalue weighted by Crippen LogP contribution is -2.52. The van der Waals surface area contributed by atoms with Crippen LogP contribution in [-0.2, 0) is 15.0 Å². The Morgan fingerprint density at radius 3 is 2.54 bits per heavy atom. The first-order chi connectivity index (χ1) is 18.8. The summed E-state index contributed by atoms with van der Waals surface area (Å²) >= 11 is 0. The maximum Gasteiger partial charge on any atom is 0.525 e. The van der Waals surface area contributed by atoms with Crippen molar-refractivity contribution < 1.29 is 24.3 Å². The van der Waals surface area contributed by atoms with E-state index in [1.165, 1.54) is 10.6 Å². The first-order valence-electron chi connectivity index (χ1n) is 13.2. The standard InChI is InChI=1S/C15H15N3O3.C14H18N2O2/c16-8-10-1-2-14-12(7-10)13(9-17-14)11-3-5-18(6-4-11)21-15(19)20;1-16-8-6-14(7-9-16)10-4-2-3-5-11(10)18-12(14)13(15)17/h1-2,7,9,11,17H,3-6H2,(H,19,20);2-5,12H,6-9H2,1H3,(H2,15,17). The van der Waals surface area contributed by atoms with Crippen LogP contribution in [0.2, 0.25) is 0 Å². The topological polar surface area (TPSA) is 145 Å². The molecule has 4 N–H and O–H groups in total. The summed E-state index contributed by atoms with van der Waals surface area (Å²) in [7, 11) is 2.11. The molecule has 204 valence electrons. The van der Waals surface area contributed by atoms with E-state index in [-0.39, 0.29) is 11.3 Å². The number of nitrogens with one attached hydrogen (secondary N) is 1. The second kappa shape index (κ2) is 11.0. The Morgan fingerprint density at radius 2 is 1.87 bits per heavy atom. The van der Waals surface area contributed by atoms with Gasteiger partial charge in [0.05, 0.1) is 11.6 Å². The molecule has 6 rings (SSSR count). The van der Waals surface area contributed by atoms with E-state index in [1.807, 2.05) is 36.5 Å². The molecule has 3 aliphatic rings. The van der Waals surface area contributed by atoms with Gasteiger partial charge in [-0.2, -0.15) is 5.26 Å². The maximum absolute atomic E-state index is 11.7. The molecular weight excluding hydrogens is 498 g/mol. The molecule has 3 aliphatic heterocycles. The molecule has 1 aromatic heterocycles. The summed E-state index contributed by atoms with van der Waals surface area (Å²) in [5, 5.41) is 20.2. The number of nitrogens with zero attached hydrogens (tertiary/aromatic N) is 3. The lowest BCUT2D eigenvalue weighted by molar-refractivity contribution is -0.131. The first-order valence-corrected chi connectivity index (χ1v) is 13.2. The second-order valence-corrected chi connectivity index (χ2v) is 10.5. The summed E-state index contributed by atoms with van der Waals surface area (Å²) in [5.41, 5.74) is 9.34. The van der Waals surface area contributed by atoms with Crippen LogP contribution in [-0.4, -0.2) is 71.4 Å². The number of piperidine rings is 2. The van der Waals surface area contributed by atoms with Crippen LogP contribution in [0.15, 0.2) is 48.7 Å². The molecule has 10 heteroatoms. The Hall–Kier alpha value is -4.07. The van der Waals surface area contributed by atoms with Crippen LogP contribution in [0.4, 0.5) is 4.79 Å². The zero-order valence-electron chi connectivity index (χ0n) is 21.9. The molecule has 2 fully saturated rings. The van der Waals surface area contributed by atoms with E-state index in [0.717, 1.165) is 61.0 Å². The molecule has 0 aliphatic carbocycles. The number of benzene rings is 2.